The van der Waals surface area contributed by atoms with Gasteiger partial charge in [-0.15, -0.1) is 0 Å². The van der Waals surface area contributed by atoms with Crippen LogP contribution in [0.1, 0.15) is 24.3 Å². The molecule has 4 nitrogen and oxygen atoms in total. The SMILES string of the molecule is CN(c1ccccc1)C1CCN(C(=O)[C@H]2C[C@@H]2c2ccncc2)C1. The maximum absolute atomic E-state index is 12.8. The van der Waals surface area contributed by atoms with Crippen molar-refractivity contribution in [3.05, 3.63) is 60.4 Å². The standard InChI is InChI=1S/C20H23N3O/c1-22(16-5-3-2-4-6-16)17-9-12-23(14-17)20(24)19-13-18(19)15-7-10-21-11-8-15/h2-8,10-11,17-19H,9,12-14H2,1H3/t17?,18-,19+/m1/s1. The number of anilines is 1. The Morgan fingerprint density at radius 3 is 2.67 bits per heavy atom. The molecule has 1 aromatic heterocycles. The summed E-state index contributed by atoms with van der Waals surface area (Å²) in [5, 5.41) is 0. The van der Waals surface area contributed by atoms with Gasteiger partial charge < -0.3 is 9.80 Å². The third-order valence-corrected chi connectivity index (χ3v) is 5.43. The number of aromatic nitrogens is 1. The molecule has 0 bridgehead atoms. The van der Waals surface area contributed by atoms with Crippen LogP contribution in [0.15, 0.2) is 54.9 Å². The second kappa shape index (κ2) is 6.27. The van der Waals surface area contributed by atoms with Gasteiger partial charge in [-0.1, -0.05) is 18.2 Å². The number of likely N-dealkylation sites (N-methyl/N-ethyl adjacent to an activating group) is 1. The monoisotopic (exact) mass is 321 g/mol. The summed E-state index contributed by atoms with van der Waals surface area (Å²) in [6.07, 6.45) is 5.66. The average molecular weight is 321 g/mol. The Morgan fingerprint density at radius 1 is 1.17 bits per heavy atom. The van der Waals surface area contributed by atoms with Gasteiger partial charge in [0.05, 0.1) is 0 Å². The highest BCUT2D eigenvalue weighted by atomic mass is 16.2. The fourth-order valence-electron chi connectivity index (χ4n) is 3.81. The van der Waals surface area contributed by atoms with Gasteiger partial charge in [-0.3, -0.25) is 9.78 Å². The van der Waals surface area contributed by atoms with Crippen molar-refractivity contribution in [2.45, 2.75) is 24.8 Å². The first kappa shape index (κ1) is 15.2. The van der Waals surface area contributed by atoms with Crippen LogP contribution < -0.4 is 4.90 Å². The molecule has 4 heteroatoms. The second-order valence-corrected chi connectivity index (χ2v) is 6.90. The van der Waals surface area contributed by atoms with Crippen LogP contribution >= 0.6 is 0 Å². The van der Waals surface area contributed by atoms with Gasteiger partial charge in [0.1, 0.15) is 0 Å². The number of benzene rings is 1. The molecule has 1 aromatic carbocycles. The summed E-state index contributed by atoms with van der Waals surface area (Å²) < 4.78 is 0. The number of nitrogens with zero attached hydrogens (tertiary/aromatic N) is 3. The molecule has 4 rings (SSSR count). The Kier molecular flexibility index (Phi) is 3.97. The Morgan fingerprint density at radius 2 is 1.92 bits per heavy atom. The summed E-state index contributed by atoms with van der Waals surface area (Å²) in [4.78, 5) is 21.2. The van der Waals surface area contributed by atoms with E-state index in [4.69, 9.17) is 0 Å². The summed E-state index contributed by atoms with van der Waals surface area (Å²) >= 11 is 0. The molecule has 1 aliphatic heterocycles. The van der Waals surface area contributed by atoms with Crippen molar-refractivity contribution in [2.24, 2.45) is 5.92 Å². The molecule has 0 spiro atoms. The maximum Gasteiger partial charge on any atom is 0.226 e. The Labute approximate surface area is 143 Å². The van der Waals surface area contributed by atoms with E-state index < -0.39 is 0 Å². The second-order valence-electron chi connectivity index (χ2n) is 6.90. The summed E-state index contributed by atoms with van der Waals surface area (Å²) in [6.45, 7) is 1.71. The van der Waals surface area contributed by atoms with E-state index in [0.29, 0.717) is 17.9 Å². The van der Waals surface area contributed by atoms with Gasteiger partial charge in [-0.25, -0.2) is 0 Å². The molecule has 2 fully saturated rings. The Balaban J connectivity index is 1.36. The minimum Gasteiger partial charge on any atom is -0.370 e. The van der Waals surface area contributed by atoms with Crippen LogP contribution in [0.5, 0.6) is 0 Å². The number of likely N-dealkylation sites (tertiary alicyclic amines) is 1. The van der Waals surface area contributed by atoms with Crippen LogP contribution in [0.4, 0.5) is 5.69 Å². The molecule has 24 heavy (non-hydrogen) atoms. The maximum atomic E-state index is 12.8. The molecule has 2 heterocycles. The van der Waals surface area contributed by atoms with Crippen molar-refractivity contribution in [1.82, 2.24) is 9.88 Å². The molecule has 2 aromatic rings. The third kappa shape index (κ3) is 2.88. The van der Waals surface area contributed by atoms with E-state index in [1.165, 1.54) is 11.3 Å². The van der Waals surface area contributed by atoms with Crippen LogP contribution in [0, 0.1) is 5.92 Å². The fraction of sp³-hybridized carbons (Fsp3) is 0.400. The van der Waals surface area contributed by atoms with Crippen molar-refractivity contribution in [1.29, 1.82) is 0 Å². The van der Waals surface area contributed by atoms with E-state index in [2.05, 4.69) is 46.1 Å². The molecule has 1 amide bonds. The zero-order chi connectivity index (χ0) is 16.5. The van der Waals surface area contributed by atoms with E-state index in [0.717, 1.165) is 25.9 Å². The van der Waals surface area contributed by atoms with Crippen molar-refractivity contribution in [2.75, 3.05) is 25.0 Å². The minimum atomic E-state index is 0.174. The Hall–Kier alpha value is -2.36. The van der Waals surface area contributed by atoms with E-state index >= 15 is 0 Å². The molecule has 0 N–H and O–H groups in total. The van der Waals surface area contributed by atoms with Crippen LogP contribution in [0.3, 0.4) is 0 Å². The quantitative estimate of drug-likeness (QED) is 0.869. The summed E-state index contributed by atoms with van der Waals surface area (Å²) in [5.74, 6) is 0.903. The predicted molar refractivity (Wildman–Crippen MR) is 94.9 cm³/mol. The molecule has 124 valence electrons. The average Bonchev–Trinajstić information content (AvgIpc) is 3.30. The van der Waals surface area contributed by atoms with Gasteiger partial charge in [-0.05, 0) is 48.6 Å². The highest BCUT2D eigenvalue weighted by molar-refractivity contribution is 5.83. The highest BCUT2D eigenvalue weighted by Crippen LogP contribution is 2.48. The number of carbonyl (C=O) groups excluding carboxylic acids is 1. The third-order valence-electron chi connectivity index (χ3n) is 5.43. The van der Waals surface area contributed by atoms with E-state index in [9.17, 15) is 4.79 Å². The van der Waals surface area contributed by atoms with E-state index in [1.54, 1.807) is 0 Å². The van der Waals surface area contributed by atoms with Gasteiger partial charge in [0.25, 0.3) is 0 Å². The number of amides is 1. The summed E-state index contributed by atoms with van der Waals surface area (Å²) in [5.41, 5.74) is 2.47. The first-order valence-corrected chi connectivity index (χ1v) is 8.70. The molecule has 1 saturated carbocycles. The van der Waals surface area contributed by atoms with Gasteiger partial charge in [-0.2, -0.15) is 0 Å². The lowest BCUT2D eigenvalue weighted by Gasteiger charge is -2.27. The van der Waals surface area contributed by atoms with Crippen molar-refractivity contribution < 1.29 is 4.79 Å². The van der Waals surface area contributed by atoms with Crippen LogP contribution in [-0.2, 0) is 4.79 Å². The first-order chi connectivity index (χ1) is 11.7. The van der Waals surface area contributed by atoms with Gasteiger partial charge in [0.15, 0.2) is 0 Å². The van der Waals surface area contributed by atoms with Crippen molar-refractivity contribution in [3.63, 3.8) is 0 Å². The fourth-order valence-corrected chi connectivity index (χ4v) is 3.81. The van der Waals surface area contributed by atoms with E-state index in [1.807, 2.05) is 30.6 Å². The van der Waals surface area contributed by atoms with Crippen LogP contribution in [0.2, 0.25) is 0 Å². The molecule has 0 radical (unpaired) electrons. The predicted octanol–water partition coefficient (Wildman–Crippen LogP) is 2.92. The zero-order valence-electron chi connectivity index (χ0n) is 14.0. The van der Waals surface area contributed by atoms with Crippen molar-refractivity contribution in [3.8, 4) is 0 Å². The molecular formula is C20H23N3O. The number of pyridine rings is 1. The summed E-state index contributed by atoms with van der Waals surface area (Å²) in [6, 6.07) is 14.9. The van der Waals surface area contributed by atoms with Crippen LogP contribution in [0.25, 0.3) is 0 Å². The highest BCUT2D eigenvalue weighted by Gasteiger charge is 2.47. The van der Waals surface area contributed by atoms with Crippen LogP contribution in [-0.4, -0.2) is 42.0 Å². The largest absolute Gasteiger partial charge is 0.370 e. The lowest BCUT2D eigenvalue weighted by Crippen LogP contribution is -2.37. The molecule has 1 unspecified atom stereocenters. The lowest BCUT2D eigenvalue weighted by molar-refractivity contribution is -0.131. The van der Waals surface area contributed by atoms with Gasteiger partial charge in [0.2, 0.25) is 5.91 Å². The number of hydrogen-bond donors (Lipinski definition) is 0. The molecule has 3 atom stereocenters. The van der Waals surface area contributed by atoms with Gasteiger partial charge >= 0.3 is 0 Å². The summed E-state index contributed by atoms with van der Waals surface area (Å²) in [7, 11) is 2.13. The topological polar surface area (TPSA) is 36.4 Å². The number of carbonyl (C=O) groups is 1. The zero-order valence-corrected chi connectivity index (χ0v) is 14.0. The number of hydrogen-bond acceptors (Lipinski definition) is 3. The molecule has 1 aliphatic carbocycles. The molecule has 2 aliphatic rings. The number of para-hydroxylation sites is 1. The van der Waals surface area contributed by atoms with E-state index in [-0.39, 0.29) is 5.92 Å². The smallest absolute Gasteiger partial charge is 0.226 e. The minimum absolute atomic E-state index is 0.174. The first-order valence-electron chi connectivity index (χ1n) is 8.70. The lowest BCUT2D eigenvalue weighted by atomic mass is 10.1. The van der Waals surface area contributed by atoms with Crippen molar-refractivity contribution >= 4 is 11.6 Å². The molecular weight excluding hydrogens is 298 g/mol. The Bertz CT molecular complexity index is 703. The molecule has 1 saturated heterocycles. The van der Waals surface area contributed by atoms with Gasteiger partial charge in [0, 0.05) is 50.2 Å². The number of rotatable bonds is 4. The normalized spacial score (nSPS) is 25.5.